The smallest absolute Gasteiger partial charge is 0.490 e. The lowest BCUT2D eigenvalue weighted by Crippen LogP contribution is -2.30. The Bertz CT molecular complexity index is 548. The van der Waals surface area contributed by atoms with Gasteiger partial charge in [-0.05, 0) is 12.1 Å². The summed E-state index contributed by atoms with van der Waals surface area (Å²) in [5.74, 6) is 1.21. The normalized spacial score (nSPS) is 10.1. The Morgan fingerprint density at radius 1 is 1.21 bits per heavy atom. The molecular formula is C13H14BNO4. The maximum atomic E-state index is 9.06. The van der Waals surface area contributed by atoms with Crippen LogP contribution in [-0.2, 0) is 6.61 Å². The summed E-state index contributed by atoms with van der Waals surface area (Å²) < 4.78 is 10.8. The van der Waals surface area contributed by atoms with E-state index < -0.39 is 7.12 Å². The van der Waals surface area contributed by atoms with Gasteiger partial charge < -0.3 is 19.5 Å². The molecule has 1 aromatic carbocycles. The maximum absolute atomic E-state index is 9.06. The number of methoxy groups -OCH3 is 1. The number of para-hydroxylation sites is 1. The molecule has 0 fully saturated rings. The van der Waals surface area contributed by atoms with E-state index in [1.54, 1.807) is 7.11 Å². The molecule has 6 heteroatoms. The summed E-state index contributed by atoms with van der Waals surface area (Å²) in [5.41, 5.74) is 1.19. The fraction of sp³-hybridized carbons (Fsp3) is 0.154. The minimum Gasteiger partial charge on any atom is -0.496 e. The van der Waals surface area contributed by atoms with Gasteiger partial charge in [0, 0.05) is 17.2 Å². The third-order valence-electron chi connectivity index (χ3n) is 2.62. The third kappa shape index (κ3) is 3.46. The molecule has 0 saturated carbocycles. The van der Waals surface area contributed by atoms with Gasteiger partial charge in [0.1, 0.15) is 18.1 Å². The van der Waals surface area contributed by atoms with Crippen LogP contribution in [0.1, 0.15) is 5.56 Å². The topological polar surface area (TPSA) is 71.8 Å². The maximum Gasteiger partial charge on any atom is 0.490 e. The predicted molar refractivity (Wildman–Crippen MR) is 71.4 cm³/mol. The second-order valence-corrected chi connectivity index (χ2v) is 3.93. The van der Waals surface area contributed by atoms with Crippen LogP contribution >= 0.6 is 0 Å². The monoisotopic (exact) mass is 259 g/mol. The Morgan fingerprint density at radius 2 is 2.00 bits per heavy atom. The number of rotatable bonds is 5. The quantitative estimate of drug-likeness (QED) is 0.758. The van der Waals surface area contributed by atoms with Crippen LogP contribution in [0, 0.1) is 0 Å². The van der Waals surface area contributed by atoms with E-state index in [9.17, 15) is 0 Å². The van der Waals surface area contributed by atoms with Crippen LogP contribution in [0.2, 0.25) is 0 Å². The minimum atomic E-state index is -1.55. The number of benzene rings is 1. The minimum absolute atomic E-state index is 0.289. The summed E-state index contributed by atoms with van der Waals surface area (Å²) >= 11 is 0. The average Bonchev–Trinajstić information content (AvgIpc) is 2.45. The van der Waals surface area contributed by atoms with Crippen molar-refractivity contribution in [1.82, 2.24) is 4.98 Å². The van der Waals surface area contributed by atoms with Gasteiger partial charge in [0.25, 0.3) is 0 Å². The van der Waals surface area contributed by atoms with E-state index in [-0.39, 0.29) is 5.46 Å². The summed E-state index contributed by atoms with van der Waals surface area (Å²) in [6.45, 7) is 0.316. The number of hydrogen-bond acceptors (Lipinski definition) is 5. The molecule has 0 atom stereocenters. The van der Waals surface area contributed by atoms with Crippen LogP contribution in [0.4, 0.5) is 0 Å². The largest absolute Gasteiger partial charge is 0.496 e. The van der Waals surface area contributed by atoms with Crippen molar-refractivity contribution in [3.63, 3.8) is 0 Å². The van der Waals surface area contributed by atoms with Crippen LogP contribution in [0.5, 0.6) is 11.5 Å². The van der Waals surface area contributed by atoms with Crippen molar-refractivity contribution in [1.29, 1.82) is 0 Å². The van der Waals surface area contributed by atoms with Crippen LogP contribution in [-0.4, -0.2) is 29.3 Å². The highest BCUT2D eigenvalue weighted by Crippen LogP contribution is 2.19. The van der Waals surface area contributed by atoms with E-state index in [1.807, 2.05) is 24.3 Å². The number of hydrogen-bond donors (Lipinski definition) is 2. The van der Waals surface area contributed by atoms with Crippen LogP contribution in [0.15, 0.2) is 42.7 Å². The molecule has 0 unspecified atom stereocenters. The Morgan fingerprint density at radius 3 is 2.74 bits per heavy atom. The van der Waals surface area contributed by atoms with E-state index in [0.717, 1.165) is 11.3 Å². The van der Waals surface area contributed by atoms with Crippen molar-refractivity contribution in [3.05, 3.63) is 48.3 Å². The molecule has 0 aliphatic carbocycles. The summed E-state index contributed by atoms with van der Waals surface area (Å²) in [7, 11) is 0.0469. The highest BCUT2D eigenvalue weighted by atomic mass is 16.5. The summed E-state index contributed by atoms with van der Waals surface area (Å²) in [4.78, 5) is 3.88. The zero-order valence-electron chi connectivity index (χ0n) is 10.5. The SMILES string of the molecule is COc1ccccc1COc1cncc(B(O)O)c1. The van der Waals surface area contributed by atoms with Gasteiger partial charge in [0.2, 0.25) is 0 Å². The van der Waals surface area contributed by atoms with Crippen molar-refractivity contribution in [2.24, 2.45) is 0 Å². The lowest BCUT2D eigenvalue weighted by molar-refractivity contribution is 0.295. The van der Waals surface area contributed by atoms with Gasteiger partial charge in [-0.3, -0.25) is 4.98 Å². The number of ether oxygens (including phenoxy) is 2. The Kier molecular flexibility index (Phi) is 4.38. The van der Waals surface area contributed by atoms with Crippen LogP contribution in [0.25, 0.3) is 0 Å². The molecule has 2 aromatic rings. The Balaban J connectivity index is 2.08. The second kappa shape index (κ2) is 6.22. The van der Waals surface area contributed by atoms with Gasteiger partial charge >= 0.3 is 7.12 Å². The molecule has 2 rings (SSSR count). The first kappa shape index (κ1) is 13.4. The van der Waals surface area contributed by atoms with Gasteiger partial charge in [-0.25, -0.2) is 0 Å². The van der Waals surface area contributed by atoms with Crippen molar-refractivity contribution in [3.8, 4) is 11.5 Å². The third-order valence-corrected chi connectivity index (χ3v) is 2.62. The summed E-state index contributed by atoms with van der Waals surface area (Å²) in [5, 5.41) is 18.1. The molecule has 0 aliphatic rings. The van der Waals surface area contributed by atoms with Crippen molar-refractivity contribution >= 4 is 12.6 Å². The van der Waals surface area contributed by atoms with Crippen molar-refractivity contribution in [2.75, 3.05) is 7.11 Å². The fourth-order valence-electron chi connectivity index (χ4n) is 1.64. The van der Waals surface area contributed by atoms with E-state index in [1.165, 1.54) is 18.5 Å². The second-order valence-electron chi connectivity index (χ2n) is 3.93. The average molecular weight is 259 g/mol. The molecule has 98 valence electrons. The molecule has 0 bridgehead atoms. The van der Waals surface area contributed by atoms with E-state index >= 15 is 0 Å². The van der Waals surface area contributed by atoms with Gasteiger partial charge in [-0.2, -0.15) is 0 Å². The van der Waals surface area contributed by atoms with Crippen molar-refractivity contribution < 1.29 is 19.5 Å². The first-order chi connectivity index (χ1) is 9.20. The van der Waals surface area contributed by atoms with E-state index in [4.69, 9.17) is 19.5 Å². The van der Waals surface area contributed by atoms with Gasteiger partial charge in [-0.1, -0.05) is 18.2 Å². The number of pyridine rings is 1. The first-order valence-corrected chi connectivity index (χ1v) is 5.76. The molecule has 0 amide bonds. The van der Waals surface area contributed by atoms with Crippen LogP contribution in [0.3, 0.4) is 0 Å². The lowest BCUT2D eigenvalue weighted by Gasteiger charge is -2.10. The van der Waals surface area contributed by atoms with E-state index in [2.05, 4.69) is 4.98 Å². The standard InChI is InChI=1S/C13H14BNO4/c1-18-13-5-3-2-4-10(13)9-19-12-6-11(14(16)17)7-15-8-12/h2-8,16-17H,9H2,1H3. The molecule has 0 aliphatic heterocycles. The van der Waals surface area contributed by atoms with E-state index in [0.29, 0.717) is 12.4 Å². The number of aromatic nitrogens is 1. The zero-order chi connectivity index (χ0) is 13.7. The number of nitrogens with zero attached hydrogens (tertiary/aromatic N) is 1. The summed E-state index contributed by atoms with van der Waals surface area (Å²) in [6.07, 6.45) is 2.89. The highest BCUT2D eigenvalue weighted by Gasteiger charge is 2.12. The molecule has 1 aromatic heterocycles. The summed E-state index contributed by atoms with van der Waals surface area (Å²) in [6, 6.07) is 9.06. The molecule has 1 heterocycles. The molecule has 19 heavy (non-hydrogen) atoms. The Hall–Kier alpha value is -2.05. The zero-order valence-corrected chi connectivity index (χ0v) is 10.5. The molecule has 5 nitrogen and oxygen atoms in total. The van der Waals surface area contributed by atoms with Gasteiger partial charge in [0.05, 0.1) is 13.3 Å². The molecule has 0 saturated heterocycles. The molecule has 2 N–H and O–H groups in total. The van der Waals surface area contributed by atoms with Crippen molar-refractivity contribution in [2.45, 2.75) is 6.61 Å². The fourth-order valence-corrected chi connectivity index (χ4v) is 1.64. The molecular weight excluding hydrogens is 245 g/mol. The molecule has 0 spiro atoms. The van der Waals surface area contributed by atoms with Gasteiger partial charge in [0.15, 0.2) is 0 Å². The lowest BCUT2D eigenvalue weighted by atomic mass is 9.82. The Labute approximate surface area is 111 Å². The van der Waals surface area contributed by atoms with Crippen LogP contribution < -0.4 is 14.9 Å². The first-order valence-electron chi connectivity index (χ1n) is 5.76. The molecule has 0 radical (unpaired) electrons. The highest BCUT2D eigenvalue weighted by molar-refractivity contribution is 6.58. The predicted octanol–water partition coefficient (Wildman–Crippen LogP) is 0.349. The van der Waals surface area contributed by atoms with Gasteiger partial charge in [-0.15, -0.1) is 0 Å².